The van der Waals surface area contributed by atoms with Crippen molar-refractivity contribution in [2.75, 3.05) is 0 Å². The first-order chi connectivity index (χ1) is 10.4. The first-order valence-electron chi connectivity index (χ1n) is 9.63. The van der Waals surface area contributed by atoms with E-state index >= 15 is 0 Å². The van der Waals surface area contributed by atoms with Crippen LogP contribution in [0.15, 0.2) is 0 Å². The Kier molecular flexibility index (Phi) is 2.59. The van der Waals surface area contributed by atoms with Crippen molar-refractivity contribution in [1.29, 1.82) is 0 Å². The molecule has 0 aromatic heterocycles. The quantitative estimate of drug-likeness (QED) is 0.690. The zero-order chi connectivity index (χ0) is 15.2. The Balaban J connectivity index is 1.39. The van der Waals surface area contributed by atoms with Crippen LogP contribution in [0.25, 0.3) is 0 Å². The smallest absolute Gasteiger partial charge is 0.312 e. The summed E-state index contributed by atoms with van der Waals surface area (Å²) >= 11 is 0. The van der Waals surface area contributed by atoms with Gasteiger partial charge in [-0.1, -0.05) is 6.92 Å². The Morgan fingerprint density at radius 2 is 1.45 bits per heavy atom. The lowest BCUT2D eigenvalue weighted by molar-refractivity contribution is -0.197. The van der Waals surface area contributed by atoms with Crippen LogP contribution >= 0.6 is 0 Å². The summed E-state index contributed by atoms with van der Waals surface area (Å²) in [5, 5.41) is 0. The lowest BCUT2D eigenvalue weighted by Gasteiger charge is -2.56. The molecule has 6 aliphatic rings. The van der Waals surface area contributed by atoms with Gasteiger partial charge in [-0.3, -0.25) is 4.79 Å². The van der Waals surface area contributed by atoms with Gasteiger partial charge >= 0.3 is 5.97 Å². The molecule has 0 aromatic carbocycles. The van der Waals surface area contributed by atoms with Crippen LogP contribution in [-0.4, -0.2) is 11.6 Å². The van der Waals surface area contributed by atoms with Crippen LogP contribution in [0.5, 0.6) is 0 Å². The second-order valence-electron chi connectivity index (χ2n) is 10.2. The maximum Gasteiger partial charge on any atom is 0.312 e. The summed E-state index contributed by atoms with van der Waals surface area (Å²) < 4.78 is 6.38. The SMILES string of the molecule is C[C@]12CC[C@@H](C1)C[C@@]2(C)OC(=O)C12CC3CC(CC(C3)C1)C2. The third-order valence-corrected chi connectivity index (χ3v) is 8.59. The van der Waals surface area contributed by atoms with E-state index < -0.39 is 0 Å². The van der Waals surface area contributed by atoms with Crippen LogP contribution < -0.4 is 0 Å². The van der Waals surface area contributed by atoms with E-state index in [1.165, 1.54) is 38.5 Å². The van der Waals surface area contributed by atoms with Crippen LogP contribution in [0, 0.1) is 34.5 Å². The number of carbonyl (C=O) groups is 1. The van der Waals surface area contributed by atoms with Crippen molar-refractivity contribution in [2.45, 2.75) is 83.7 Å². The highest BCUT2D eigenvalue weighted by atomic mass is 16.6. The van der Waals surface area contributed by atoms with Crippen molar-refractivity contribution in [1.82, 2.24) is 0 Å². The van der Waals surface area contributed by atoms with Crippen molar-refractivity contribution < 1.29 is 9.53 Å². The highest BCUT2D eigenvalue weighted by Gasteiger charge is 2.62. The summed E-state index contributed by atoms with van der Waals surface area (Å²) in [4.78, 5) is 13.3. The summed E-state index contributed by atoms with van der Waals surface area (Å²) in [6.45, 7) is 4.61. The fourth-order valence-electron chi connectivity index (χ4n) is 7.65. The number of esters is 1. The van der Waals surface area contributed by atoms with E-state index in [2.05, 4.69) is 13.8 Å². The molecule has 6 bridgehead atoms. The Bertz CT molecular complexity index is 489. The van der Waals surface area contributed by atoms with Crippen molar-refractivity contribution in [3.05, 3.63) is 0 Å². The molecule has 122 valence electrons. The molecule has 6 fully saturated rings. The van der Waals surface area contributed by atoms with Crippen molar-refractivity contribution in [2.24, 2.45) is 34.5 Å². The first-order valence-corrected chi connectivity index (χ1v) is 9.63. The number of hydrogen-bond donors (Lipinski definition) is 0. The van der Waals surface area contributed by atoms with Gasteiger partial charge in [0, 0.05) is 5.41 Å². The third-order valence-electron chi connectivity index (χ3n) is 8.59. The van der Waals surface area contributed by atoms with Crippen LogP contribution in [0.4, 0.5) is 0 Å². The molecule has 3 atom stereocenters. The second-order valence-corrected chi connectivity index (χ2v) is 10.2. The Hall–Kier alpha value is -0.530. The average molecular weight is 302 g/mol. The van der Waals surface area contributed by atoms with Gasteiger partial charge in [-0.15, -0.1) is 0 Å². The number of carbonyl (C=O) groups excluding carboxylic acids is 1. The minimum absolute atomic E-state index is 0.0873. The Labute approximate surface area is 134 Å². The minimum Gasteiger partial charge on any atom is -0.458 e. The molecule has 0 heterocycles. The monoisotopic (exact) mass is 302 g/mol. The molecule has 0 amide bonds. The van der Waals surface area contributed by atoms with Crippen LogP contribution in [0.1, 0.15) is 78.1 Å². The topological polar surface area (TPSA) is 26.3 Å². The van der Waals surface area contributed by atoms with Gasteiger partial charge in [0.1, 0.15) is 5.60 Å². The van der Waals surface area contributed by atoms with Crippen LogP contribution in [-0.2, 0) is 9.53 Å². The normalized spacial score (nSPS) is 58.3. The van der Waals surface area contributed by atoms with Crippen LogP contribution in [0.3, 0.4) is 0 Å². The van der Waals surface area contributed by atoms with Crippen molar-refractivity contribution in [3.63, 3.8) is 0 Å². The van der Waals surface area contributed by atoms with Gasteiger partial charge in [-0.05, 0) is 94.8 Å². The average Bonchev–Trinajstić information content (AvgIpc) is 2.89. The third kappa shape index (κ3) is 1.70. The standard InChI is InChI=1S/C20H30O2/c1-18-4-3-13(8-18)9-19(18,2)22-17(21)20-10-14-5-15(11-20)7-16(6-14)12-20/h13-16H,3-12H2,1-2H3/t13-,14?,15?,16?,18-,19+,20?/m0/s1. The Morgan fingerprint density at radius 3 is 1.91 bits per heavy atom. The molecule has 6 rings (SSSR count). The van der Waals surface area contributed by atoms with Gasteiger partial charge in [-0.2, -0.15) is 0 Å². The molecule has 0 unspecified atom stereocenters. The summed E-state index contributed by atoms with van der Waals surface area (Å²) in [6, 6.07) is 0. The lowest BCUT2D eigenvalue weighted by atomic mass is 9.49. The number of rotatable bonds is 2. The highest BCUT2D eigenvalue weighted by molar-refractivity contribution is 5.78. The fraction of sp³-hybridized carbons (Fsp3) is 0.950. The molecule has 6 saturated carbocycles. The highest BCUT2D eigenvalue weighted by Crippen LogP contribution is 2.64. The van der Waals surface area contributed by atoms with Crippen molar-refractivity contribution >= 4 is 5.97 Å². The van der Waals surface area contributed by atoms with E-state index in [0.717, 1.165) is 49.4 Å². The summed E-state index contributed by atoms with van der Waals surface area (Å²) in [5.74, 6) is 3.47. The molecular formula is C20H30O2. The van der Waals surface area contributed by atoms with E-state index in [4.69, 9.17) is 4.74 Å². The predicted octanol–water partition coefficient (Wildman–Crippen LogP) is 4.71. The van der Waals surface area contributed by atoms with Gasteiger partial charge in [0.25, 0.3) is 0 Å². The van der Waals surface area contributed by atoms with Gasteiger partial charge in [0.2, 0.25) is 0 Å². The van der Waals surface area contributed by atoms with Gasteiger partial charge in [0.05, 0.1) is 5.41 Å². The van der Waals surface area contributed by atoms with Crippen LogP contribution in [0.2, 0.25) is 0 Å². The van der Waals surface area contributed by atoms with Gasteiger partial charge in [-0.25, -0.2) is 0 Å². The zero-order valence-corrected chi connectivity index (χ0v) is 14.2. The molecule has 0 saturated heterocycles. The fourth-order valence-corrected chi connectivity index (χ4v) is 7.65. The largest absolute Gasteiger partial charge is 0.458 e. The maximum absolute atomic E-state index is 13.3. The second kappa shape index (κ2) is 4.11. The molecule has 0 spiro atoms. The van der Waals surface area contributed by atoms with Gasteiger partial charge in [0.15, 0.2) is 0 Å². The van der Waals surface area contributed by atoms with E-state index in [-0.39, 0.29) is 22.4 Å². The van der Waals surface area contributed by atoms with Crippen molar-refractivity contribution in [3.8, 4) is 0 Å². The summed E-state index contributed by atoms with van der Waals surface area (Å²) in [6.07, 6.45) is 12.6. The molecule has 6 aliphatic carbocycles. The Morgan fingerprint density at radius 1 is 0.864 bits per heavy atom. The molecule has 0 aromatic rings. The molecular weight excluding hydrogens is 272 g/mol. The lowest BCUT2D eigenvalue weighted by Crippen LogP contribution is -2.54. The summed E-state index contributed by atoms with van der Waals surface area (Å²) in [5.41, 5.74) is -0.0259. The minimum atomic E-state index is -0.184. The predicted molar refractivity (Wildman–Crippen MR) is 85.2 cm³/mol. The molecule has 0 radical (unpaired) electrons. The molecule has 2 heteroatoms. The number of hydrogen-bond acceptors (Lipinski definition) is 2. The van der Waals surface area contributed by atoms with Gasteiger partial charge < -0.3 is 4.74 Å². The summed E-state index contributed by atoms with van der Waals surface area (Å²) in [7, 11) is 0. The molecule has 22 heavy (non-hydrogen) atoms. The molecule has 2 nitrogen and oxygen atoms in total. The number of fused-ring (bicyclic) bond motifs is 2. The van der Waals surface area contributed by atoms with E-state index in [1.807, 2.05) is 0 Å². The van der Waals surface area contributed by atoms with E-state index in [0.29, 0.717) is 0 Å². The van der Waals surface area contributed by atoms with E-state index in [1.54, 1.807) is 0 Å². The first kappa shape index (κ1) is 13.9. The van der Waals surface area contributed by atoms with E-state index in [9.17, 15) is 4.79 Å². The number of ether oxygens (including phenoxy) is 1. The maximum atomic E-state index is 13.3. The zero-order valence-electron chi connectivity index (χ0n) is 14.2. The molecule has 0 aliphatic heterocycles. The molecule has 0 N–H and O–H groups in total.